The monoisotopic (exact) mass is 331 g/mol. The number of nitrogens with zero attached hydrogens (tertiary/aromatic N) is 1. The SMILES string of the molecule is Cc1ccc(-c2ccc(-c3ccc(C(=O)OC(C)C)cc3)cn2)cc1. The third-order valence-corrected chi connectivity index (χ3v) is 3.91. The average Bonchev–Trinajstić information content (AvgIpc) is 2.62. The molecule has 1 aromatic heterocycles. The van der Waals surface area contributed by atoms with Gasteiger partial charge in [0.25, 0.3) is 0 Å². The van der Waals surface area contributed by atoms with Crippen molar-refractivity contribution >= 4 is 5.97 Å². The van der Waals surface area contributed by atoms with Crippen molar-refractivity contribution in [2.75, 3.05) is 0 Å². The van der Waals surface area contributed by atoms with Crippen LogP contribution in [0.5, 0.6) is 0 Å². The summed E-state index contributed by atoms with van der Waals surface area (Å²) in [7, 11) is 0. The Bertz CT molecular complexity index is 848. The normalized spacial score (nSPS) is 10.7. The van der Waals surface area contributed by atoms with Gasteiger partial charge < -0.3 is 4.74 Å². The molecule has 0 saturated heterocycles. The maximum absolute atomic E-state index is 11.9. The van der Waals surface area contributed by atoms with Crippen LogP contribution in [0.15, 0.2) is 66.9 Å². The molecule has 1 heterocycles. The average molecular weight is 331 g/mol. The Morgan fingerprint density at radius 2 is 1.44 bits per heavy atom. The van der Waals surface area contributed by atoms with Crippen LogP contribution in [0.25, 0.3) is 22.4 Å². The molecule has 0 amide bonds. The van der Waals surface area contributed by atoms with Crippen LogP contribution in [0.4, 0.5) is 0 Å². The van der Waals surface area contributed by atoms with Crippen molar-refractivity contribution in [1.82, 2.24) is 4.98 Å². The first kappa shape index (κ1) is 16.9. The lowest BCUT2D eigenvalue weighted by Crippen LogP contribution is -2.11. The van der Waals surface area contributed by atoms with Crippen molar-refractivity contribution in [2.24, 2.45) is 0 Å². The summed E-state index contributed by atoms with van der Waals surface area (Å²) in [4.78, 5) is 16.5. The fourth-order valence-corrected chi connectivity index (χ4v) is 2.54. The Hall–Kier alpha value is -2.94. The molecule has 0 saturated carbocycles. The molecule has 0 radical (unpaired) electrons. The maximum Gasteiger partial charge on any atom is 0.338 e. The molecule has 126 valence electrons. The van der Waals surface area contributed by atoms with Gasteiger partial charge in [-0.3, -0.25) is 4.98 Å². The van der Waals surface area contributed by atoms with E-state index in [2.05, 4.69) is 36.2 Å². The van der Waals surface area contributed by atoms with Gasteiger partial charge in [0.05, 0.1) is 17.4 Å². The van der Waals surface area contributed by atoms with Gasteiger partial charge in [0.15, 0.2) is 0 Å². The molecule has 0 fully saturated rings. The van der Waals surface area contributed by atoms with Crippen molar-refractivity contribution in [1.29, 1.82) is 0 Å². The van der Waals surface area contributed by atoms with Gasteiger partial charge in [0, 0.05) is 17.3 Å². The quantitative estimate of drug-likeness (QED) is 0.610. The lowest BCUT2D eigenvalue weighted by atomic mass is 10.0. The molecule has 25 heavy (non-hydrogen) atoms. The van der Waals surface area contributed by atoms with Crippen LogP contribution in [0, 0.1) is 6.92 Å². The van der Waals surface area contributed by atoms with Gasteiger partial charge in [-0.1, -0.05) is 48.0 Å². The van der Waals surface area contributed by atoms with E-state index in [1.54, 1.807) is 12.1 Å². The first-order chi connectivity index (χ1) is 12.0. The molecule has 2 aromatic carbocycles. The second kappa shape index (κ2) is 7.31. The second-order valence-electron chi connectivity index (χ2n) is 6.33. The molecule has 3 aromatic rings. The summed E-state index contributed by atoms with van der Waals surface area (Å²) in [6.45, 7) is 5.75. The highest BCUT2D eigenvalue weighted by atomic mass is 16.5. The lowest BCUT2D eigenvalue weighted by Gasteiger charge is -2.08. The van der Waals surface area contributed by atoms with Gasteiger partial charge in [0.2, 0.25) is 0 Å². The zero-order valence-electron chi connectivity index (χ0n) is 14.7. The predicted octanol–water partition coefficient (Wildman–Crippen LogP) is 5.29. The summed E-state index contributed by atoms with van der Waals surface area (Å²) in [5.74, 6) is -0.297. The molecular formula is C22H21NO2. The van der Waals surface area contributed by atoms with Crippen molar-refractivity contribution in [3.8, 4) is 22.4 Å². The number of hydrogen-bond donors (Lipinski definition) is 0. The summed E-state index contributed by atoms with van der Waals surface area (Å²) in [5.41, 5.74) is 5.87. The van der Waals surface area contributed by atoms with E-state index in [9.17, 15) is 4.79 Å². The number of ether oxygens (including phenoxy) is 1. The highest BCUT2D eigenvalue weighted by Crippen LogP contribution is 2.23. The third kappa shape index (κ3) is 4.13. The number of aryl methyl sites for hydroxylation is 1. The van der Waals surface area contributed by atoms with E-state index in [4.69, 9.17) is 4.74 Å². The summed E-state index contributed by atoms with van der Waals surface area (Å²) < 4.78 is 5.20. The largest absolute Gasteiger partial charge is 0.459 e. The Kier molecular flexibility index (Phi) is 4.94. The van der Waals surface area contributed by atoms with E-state index < -0.39 is 0 Å². The first-order valence-electron chi connectivity index (χ1n) is 8.37. The first-order valence-corrected chi connectivity index (χ1v) is 8.37. The number of hydrogen-bond acceptors (Lipinski definition) is 3. The van der Waals surface area contributed by atoms with E-state index in [0.29, 0.717) is 5.56 Å². The number of carbonyl (C=O) groups excluding carboxylic acids is 1. The van der Waals surface area contributed by atoms with Gasteiger partial charge in [0.1, 0.15) is 0 Å². The van der Waals surface area contributed by atoms with E-state index in [-0.39, 0.29) is 12.1 Å². The number of pyridine rings is 1. The van der Waals surface area contributed by atoms with E-state index >= 15 is 0 Å². The van der Waals surface area contributed by atoms with Gasteiger partial charge in [-0.15, -0.1) is 0 Å². The zero-order chi connectivity index (χ0) is 17.8. The maximum atomic E-state index is 11.9. The number of rotatable bonds is 4. The van der Waals surface area contributed by atoms with Gasteiger partial charge in [-0.05, 0) is 44.5 Å². The number of aromatic nitrogens is 1. The van der Waals surface area contributed by atoms with Crippen LogP contribution < -0.4 is 0 Å². The van der Waals surface area contributed by atoms with Gasteiger partial charge in [-0.25, -0.2) is 4.79 Å². The molecule has 0 spiro atoms. The topological polar surface area (TPSA) is 39.2 Å². The third-order valence-electron chi connectivity index (χ3n) is 3.91. The second-order valence-corrected chi connectivity index (χ2v) is 6.33. The lowest BCUT2D eigenvalue weighted by molar-refractivity contribution is 0.0378. The highest BCUT2D eigenvalue weighted by molar-refractivity contribution is 5.90. The molecule has 0 bridgehead atoms. The standard InChI is InChI=1S/C22H21NO2/c1-15(2)25-22(24)19-10-8-17(9-11-19)20-12-13-21(23-14-20)18-6-4-16(3)5-7-18/h4-15H,1-3H3. The van der Waals surface area contributed by atoms with E-state index in [1.807, 2.05) is 44.3 Å². The fraction of sp³-hybridized carbons (Fsp3) is 0.182. The fourth-order valence-electron chi connectivity index (χ4n) is 2.54. The van der Waals surface area contributed by atoms with Gasteiger partial charge in [-0.2, -0.15) is 0 Å². The van der Waals surface area contributed by atoms with E-state index in [0.717, 1.165) is 22.4 Å². The molecule has 0 aliphatic heterocycles. The molecule has 0 aliphatic rings. The number of carbonyl (C=O) groups is 1. The summed E-state index contributed by atoms with van der Waals surface area (Å²) in [6.07, 6.45) is 1.74. The highest BCUT2D eigenvalue weighted by Gasteiger charge is 2.09. The number of benzene rings is 2. The summed E-state index contributed by atoms with van der Waals surface area (Å²) in [6, 6.07) is 19.8. The van der Waals surface area contributed by atoms with Crippen LogP contribution in [0.2, 0.25) is 0 Å². The van der Waals surface area contributed by atoms with Crippen molar-refractivity contribution in [3.05, 3.63) is 78.0 Å². The van der Waals surface area contributed by atoms with Crippen LogP contribution >= 0.6 is 0 Å². The molecule has 3 nitrogen and oxygen atoms in total. The van der Waals surface area contributed by atoms with Gasteiger partial charge >= 0.3 is 5.97 Å². The summed E-state index contributed by atoms with van der Waals surface area (Å²) >= 11 is 0. The molecule has 3 rings (SSSR count). The van der Waals surface area contributed by atoms with Crippen LogP contribution in [-0.4, -0.2) is 17.1 Å². The van der Waals surface area contributed by atoms with Crippen LogP contribution in [0.3, 0.4) is 0 Å². The minimum atomic E-state index is -0.297. The minimum absolute atomic E-state index is 0.120. The Labute approximate surface area is 148 Å². The van der Waals surface area contributed by atoms with Crippen LogP contribution in [-0.2, 0) is 4.74 Å². The molecule has 0 unspecified atom stereocenters. The zero-order valence-corrected chi connectivity index (χ0v) is 14.7. The van der Waals surface area contributed by atoms with Crippen molar-refractivity contribution < 1.29 is 9.53 Å². The molecule has 0 aliphatic carbocycles. The minimum Gasteiger partial charge on any atom is -0.459 e. The van der Waals surface area contributed by atoms with E-state index in [1.165, 1.54) is 5.56 Å². The van der Waals surface area contributed by atoms with Crippen LogP contribution in [0.1, 0.15) is 29.8 Å². The Morgan fingerprint density at radius 1 is 0.840 bits per heavy atom. The molecular weight excluding hydrogens is 310 g/mol. The molecule has 0 atom stereocenters. The van der Waals surface area contributed by atoms with Crippen molar-refractivity contribution in [3.63, 3.8) is 0 Å². The smallest absolute Gasteiger partial charge is 0.338 e. The summed E-state index contributed by atoms with van der Waals surface area (Å²) in [5, 5.41) is 0. The Balaban J connectivity index is 1.78. The molecule has 3 heteroatoms. The van der Waals surface area contributed by atoms with Crippen molar-refractivity contribution in [2.45, 2.75) is 26.9 Å². The number of esters is 1. The predicted molar refractivity (Wildman–Crippen MR) is 100 cm³/mol. The molecule has 0 N–H and O–H groups in total. The Morgan fingerprint density at radius 3 is 2.00 bits per heavy atom.